The van der Waals surface area contributed by atoms with Crippen LogP contribution in [0.2, 0.25) is 0 Å². The summed E-state index contributed by atoms with van der Waals surface area (Å²) < 4.78 is 0. The lowest BCUT2D eigenvalue weighted by molar-refractivity contribution is 0.0640. The summed E-state index contributed by atoms with van der Waals surface area (Å²) in [6.07, 6.45) is 3.70. The van der Waals surface area contributed by atoms with Gasteiger partial charge in [-0.2, -0.15) is 0 Å². The van der Waals surface area contributed by atoms with Crippen LogP contribution in [0, 0.1) is 5.41 Å². The van der Waals surface area contributed by atoms with E-state index in [0.29, 0.717) is 30.6 Å². The van der Waals surface area contributed by atoms with Crippen molar-refractivity contribution in [1.29, 1.82) is 0 Å². The molecule has 150 valence electrons. The summed E-state index contributed by atoms with van der Waals surface area (Å²) in [4.78, 5) is 42.9. The van der Waals surface area contributed by atoms with Crippen LogP contribution in [0.4, 0.5) is 0 Å². The number of nitrogens with one attached hydrogen (secondary N) is 2. The third-order valence-electron chi connectivity index (χ3n) is 5.42. The fourth-order valence-electron chi connectivity index (χ4n) is 4.15. The van der Waals surface area contributed by atoms with Crippen LogP contribution >= 0.6 is 12.4 Å². The molecule has 0 spiro atoms. The van der Waals surface area contributed by atoms with Gasteiger partial charge in [-0.15, -0.1) is 12.4 Å². The number of hydrogen-bond acceptors (Lipinski definition) is 4. The molecule has 1 fully saturated rings. The van der Waals surface area contributed by atoms with E-state index in [2.05, 4.69) is 10.3 Å². The predicted molar refractivity (Wildman–Crippen MR) is 108 cm³/mol. The Morgan fingerprint density at radius 1 is 1.22 bits per heavy atom. The number of carbonyl (C=O) groups excluding carboxylic acids is 2. The Morgan fingerprint density at radius 2 is 1.89 bits per heavy atom. The third-order valence-corrected chi connectivity index (χ3v) is 5.42. The van der Waals surface area contributed by atoms with E-state index >= 15 is 0 Å². The van der Waals surface area contributed by atoms with Crippen LogP contribution in [0.1, 0.15) is 72.9 Å². The zero-order chi connectivity index (χ0) is 18.9. The molecule has 0 atom stereocenters. The van der Waals surface area contributed by atoms with Gasteiger partial charge in [0, 0.05) is 30.3 Å². The van der Waals surface area contributed by atoms with E-state index in [1.165, 1.54) is 6.07 Å². The number of hydrogen-bond donors (Lipinski definition) is 2. The molecule has 0 aromatic carbocycles. The van der Waals surface area contributed by atoms with E-state index < -0.39 is 0 Å². The molecule has 1 aliphatic carbocycles. The van der Waals surface area contributed by atoms with Gasteiger partial charge in [-0.1, -0.05) is 20.8 Å². The molecule has 2 aliphatic rings. The van der Waals surface area contributed by atoms with E-state index in [0.717, 1.165) is 32.4 Å². The van der Waals surface area contributed by atoms with Crippen molar-refractivity contribution >= 4 is 24.1 Å². The molecular weight excluding hydrogens is 366 g/mol. The molecule has 1 amide bonds. The van der Waals surface area contributed by atoms with Crippen molar-refractivity contribution in [3.8, 4) is 0 Å². The van der Waals surface area contributed by atoms with Crippen LogP contribution in [0.3, 0.4) is 0 Å². The number of aromatic nitrogens is 1. The normalized spacial score (nSPS) is 19.1. The number of fused-ring (bicyclic) bond motifs is 1. The zero-order valence-electron chi connectivity index (χ0n) is 16.4. The van der Waals surface area contributed by atoms with Gasteiger partial charge in [0.1, 0.15) is 5.56 Å². The van der Waals surface area contributed by atoms with Crippen LogP contribution in [0.25, 0.3) is 0 Å². The summed E-state index contributed by atoms with van der Waals surface area (Å²) in [5, 5.41) is 3.31. The van der Waals surface area contributed by atoms with Crippen molar-refractivity contribution in [3.05, 3.63) is 33.2 Å². The second-order valence-corrected chi connectivity index (χ2v) is 8.33. The number of halogens is 1. The lowest BCUT2D eigenvalue weighted by Gasteiger charge is -2.35. The largest absolute Gasteiger partial charge is 0.335 e. The summed E-state index contributed by atoms with van der Waals surface area (Å²) >= 11 is 0. The van der Waals surface area contributed by atoms with Gasteiger partial charge >= 0.3 is 0 Å². The van der Waals surface area contributed by atoms with E-state index in [1.807, 2.05) is 25.7 Å². The molecular formula is C20H30ClN3O3. The Hall–Kier alpha value is -1.66. The minimum Gasteiger partial charge on any atom is -0.335 e. The Balaban J connectivity index is 0.00000261. The highest BCUT2D eigenvalue weighted by molar-refractivity contribution is 6.02. The minimum absolute atomic E-state index is 0. The number of piperidine rings is 1. The minimum atomic E-state index is -0.380. The molecule has 6 nitrogen and oxygen atoms in total. The molecule has 0 radical (unpaired) electrons. The number of pyridine rings is 1. The van der Waals surface area contributed by atoms with Crippen molar-refractivity contribution in [2.75, 3.05) is 19.6 Å². The molecule has 27 heavy (non-hydrogen) atoms. The summed E-state index contributed by atoms with van der Waals surface area (Å²) in [6.45, 7) is 8.46. The third kappa shape index (κ3) is 4.61. The number of rotatable bonds is 4. The molecule has 0 bridgehead atoms. The standard InChI is InChI=1S/C20H29N3O3.ClH/c1-4-9-23(13-5-7-21-8-6-13)19(26)15-10-14-16(22-18(15)25)11-20(2,3)12-17(14)24;/h10,13,21H,4-9,11-12H2,1-3H3,(H,22,25);1H. The quantitative estimate of drug-likeness (QED) is 0.820. The van der Waals surface area contributed by atoms with Crippen LogP contribution in [0.15, 0.2) is 10.9 Å². The van der Waals surface area contributed by atoms with Crippen molar-refractivity contribution in [2.24, 2.45) is 5.41 Å². The van der Waals surface area contributed by atoms with E-state index in [-0.39, 0.29) is 46.7 Å². The fraction of sp³-hybridized carbons (Fsp3) is 0.650. The summed E-state index contributed by atoms with van der Waals surface area (Å²) in [5.74, 6) is -0.245. The molecule has 1 saturated heterocycles. The maximum absolute atomic E-state index is 13.1. The highest BCUT2D eigenvalue weighted by Crippen LogP contribution is 2.33. The van der Waals surface area contributed by atoms with E-state index in [1.54, 1.807) is 0 Å². The molecule has 1 aromatic rings. The monoisotopic (exact) mass is 395 g/mol. The smallest absolute Gasteiger partial charge is 0.261 e. The fourth-order valence-corrected chi connectivity index (χ4v) is 4.15. The lowest BCUT2D eigenvalue weighted by atomic mass is 9.75. The Bertz CT molecular complexity index is 766. The van der Waals surface area contributed by atoms with Gasteiger partial charge in [0.15, 0.2) is 5.78 Å². The predicted octanol–water partition coefficient (Wildman–Crippen LogP) is 2.56. The van der Waals surface area contributed by atoms with Crippen LogP contribution in [0.5, 0.6) is 0 Å². The maximum Gasteiger partial charge on any atom is 0.261 e. The topological polar surface area (TPSA) is 82.3 Å². The van der Waals surface area contributed by atoms with E-state index in [4.69, 9.17) is 0 Å². The summed E-state index contributed by atoms with van der Waals surface area (Å²) in [5.41, 5.74) is 0.728. The van der Waals surface area contributed by atoms with Gasteiger partial charge in [-0.25, -0.2) is 0 Å². The number of amides is 1. The Morgan fingerprint density at radius 3 is 2.52 bits per heavy atom. The average Bonchev–Trinajstić information content (AvgIpc) is 2.58. The number of nitrogens with zero attached hydrogens (tertiary/aromatic N) is 1. The van der Waals surface area contributed by atoms with Crippen LogP contribution < -0.4 is 10.9 Å². The zero-order valence-corrected chi connectivity index (χ0v) is 17.2. The molecule has 1 aromatic heterocycles. The molecule has 0 saturated carbocycles. The van der Waals surface area contributed by atoms with Gasteiger partial charge in [0.25, 0.3) is 11.5 Å². The summed E-state index contributed by atoms with van der Waals surface area (Å²) in [6, 6.07) is 1.69. The van der Waals surface area contributed by atoms with Gasteiger partial charge in [-0.3, -0.25) is 14.4 Å². The van der Waals surface area contributed by atoms with Crippen LogP contribution in [-0.2, 0) is 6.42 Å². The molecule has 2 heterocycles. The van der Waals surface area contributed by atoms with Crippen molar-refractivity contribution < 1.29 is 9.59 Å². The molecule has 7 heteroatoms. The van der Waals surface area contributed by atoms with Crippen molar-refractivity contribution in [2.45, 2.75) is 58.9 Å². The molecule has 2 N–H and O–H groups in total. The Kier molecular flexibility index (Phi) is 6.87. The second-order valence-electron chi connectivity index (χ2n) is 8.33. The number of H-pyrrole nitrogens is 1. The number of aromatic amines is 1. The number of ketones is 1. The molecule has 1 aliphatic heterocycles. The number of Topliss-reactive ketones (excluding diaryl/α,β-unsaturated/α-hetero) is 1. The van der Waals surface area contributed by atoms with Gasteiger partial charge in [-0.05, 0) is 50.3 Å². The lowest BCUT2D eigenvalue weighted by Crippen LogP contribution is -2.47. The van der Waals surface area contributed by atoms with Gasteiger partial charge in [0.05, 0.1) is 0 Å². The first-order valence-electron chi connectivity index (χ1n) is 9.63. The van der Waals surface area contributed by atoms with Crippen molar-refractivity contribution in [1.82, 2.24) is 15.2 Å². The van der Waals surface area contributed by atoms with E-state index in [9.17, 15) is 14.4 Å². The molecule has 0 unspecified atom stereocenters. The van der Waals surface area contributed by atoms with Gasteiger partial charge in [0.2, 0.25) is 0 Å². The molecule has 3 rings (SSSR count). The Labute approximate surface area is 166 Å². The SMILES string of the molecule is CCCN(C(=O)c1cc2c([nH]c1=O)CC(C)(C)CC2=O)C1CCNCC1.Cl. The van der Waals surface area contributed by atoms with Gasteiger partial charge < -0.3 is 15.2 Å². The first kappa shape index (κ1) is 21.6. The highest BCUT2D eigenvalue weighted by Gasteiger charge is 2.34. The highest BCUT2D eigenvalue weighted by atomic mass is 35.5. The van der Waals surface area contributed by atoms with Crippen molar-refractivity contribution in [3.63, 3.8) is 0 Å². The summed E-state index contributed by atoms with van der Waals surface area (Å²) in [7, 11) is 0. The first-order chi connectivity index (χ1) is 12.3. The first-order valence-corrected chi connectivity index (χ1v) is 9.63. The maximum atomic E-state index is 13.1. The number of carbonyl (C=O) groups is 2. The van der Waals surface area contributed by atoms with Crippen LogP contribution in [-0.4, -0.2) is 47.3 Å². The second kappa shape index (κ2) is 8.57. The average molecular weight is 396 g/mol.